The fourth-order valence-corrected chi connectivity index (χ4v) is 1.84. The van der Waals surface area contributed by atoms with E-state index in [1.807, 2.05) is 0 Å². The molecular weight excluding hydrogens is 562 g/mol. The van der Waals surface area contributed by atoms with Crippen molar-refractivity contribution in [2.24, 2.45) is 0 Å². The highest BCUT2D eigenvalue weighted by molar-refractivity contribution is 5.10. The van der Waals surface area contributed by atoms with Crippen LogP contribution in [0.15, 0.2) is 0 Å². The molecule has 0 N–H and O–H groups in total. The minimum Gasteiger partial charge on any atom is -0.200 e. The molecule has 0 radical (unpaired) electrons. The van der Waals surface area contributed by atoms with Crippen LogP contribution in [0.4, 0.5) is 96.6 Å². The van der Waals surface area contributed by atoms with Gasteiger partial charge in [-0.05, 0) is 0 Å². The van der Waals surface area contributed by atoms with Gasteiger partial charge in [-0.1, -0.05) is 0 Å². The van der Waals surface area contributed by atoms with Crippen LogP contribution in [-0.2, 0) is 0 Å². The highest BCUT2D eigenvalue weighted by atomic mass is 19.4. The monoisotopic (exact) mass is 566 g/mol. The molecule has 0 fully saturated rings. The summed E-state index contributed by atoms with van der Waals surface area (Å²) >= 11 is 0. The van der Waals surface area contributed by atoms with Crippen LogP contribution in [0.25, 0.3) is 0 Å². The summed E-state index contributed by atoms with van der Waals surface area (Å²) in [5, 5.41) is 0. The predicted octanol–water partition coefficient (Wildman–Crippen LogP) is 7.97. The SMILES string of the molecule is FC(F)(F)C(F)(F)C(F)(F)C(F)(F)CCC(F)(F)C(F)(F)C(F)(F)C(F)(F)C(F)(F)C(F)(F)F. The Bertz CT molecular complexity index is 719. The molecule has 0 heterocycles. The van der Waals surface area contributed by atoms with E-state index in [0.717, 1.165) is 0 Å². The molecule has 0 bridgehead atoms. The van der Waals surface area contributed by atoms with Gasteiger partial charge in [-0.15, -0.1) is 0 Å². The van der Waals surface area contributed by atoms with E-state index in [0.29, 0.717) is 0 Å². The van der Waals surface area contributed by atoms with Crippen LogP contribution < -0.4 is 0 Å². The summed E-state index contributed by atoms with van der Waals surface area (Å²) in [5.74, 6) is -63.5. The second-order valence-electron chi connectivity index (χ2n) is 6.35. The van der Waals surface area contributed by atoms with E-state index >= 15 is 0 Å². The summed E-state index contributed by atoms with van der Waals surface area (Å²) in [4.78, 5) is 0. The van der Waals surface area contributed by atoms with E-state index < -0.39 is 72.6 Å². The fraction of sp³-hybridized carbons (Fsp3) is 1.00. The van der Waals surface area contributed by atoms with Crippen LogP contribution >= 0.6 is 0 Å². The average molecular weight is 566 g/mol. The first-order valence-electron chi connectivity index (χ1n) is 7.36. The smallest absolute Gasteiger partial charge is 0.200 e. The van der Waals surface area contributed by atoms with Crippen molar-refractivity contribution in [2.45, 2.75) is 72.6 Å². The Morgan fingerprint density at radius 1 is 0.235 bits per heavy atom. The summed E-state index contributed by atoms with van der Waals surface area (Å²) in [5.41, 5.74) is 0. The molecule has 0 aromatic carbocycles. The Kier molecular flexibility index (Phi) is 7.62. The van der Waals surface area contributed by atoms with Crippen molar-refractivity contribution < 1.29 is 96.6 Å². The van der Waals surface area contributed by atoms with E-state index in [-0.39, 0.29) is 0 Å². The van der Waals surface area contributed by atoms with Crippen molar-refractivity contribution >= 4 is 0 Å². The third kappa shape index (κ3) is 4.41. The third-order valence-corrected chi connectivity index (χ3v) is 3.96. The van der Waals surface area contributed by atoms with E-state index in [9.17, 15) is 96.6 Å². The second-order valence-corrected chi connectivity index (χ2v) is 6.35. The van der Waals surface area contributed by atoms with Crippen molar-refractivity contribution in [3.8, 4) is 0 Å². The number of alkyl halides is 22. The molecule has 34 heavy (non-hydrogen) atoms. The zero-order valence-electron chi connectivity index (χ0n) is 14.7. The molecule has 22 heteroatoms. The zero-order chi connectivity index (χ0) is 28.4. The van der Waals surface area contributed by atoms with Gasteiger partial charge in [-0.25, -0.2) is 0 Å². The van der Waals surface area contributed by atoms with Crippen molar-refractivity contribution in [3.63, 3.8) is 0 Å². The van der Waals surface area contributed by atoms with Gasteiger partial charge in [-0.2, -0.15) is 96.6 Å². The second kappa shape index (κ2) is 7.99. The predicted molar refractivity (Wildman–Crippen MR) is 60.9 cm³/mol. The van der Waals surface area contributed by atoms with Crippen LogP contribution in [0.5, 0.6) is 0 Å². The average Bonchev–Trinajstić information content (AvgIpc) is 2.57. The van der Waals surface area contributed by atoms with E-state index in [1.165, 1.54) is 0 Å². The van der Waals surface area contributed by atoms with Crippen LogP contribution in [0.1, 0.15) is 12.8 Å². The summed E-state index contributed by atoms with van der Waals surface area (Å²) in [6.07, 6.45) is -23.5. The molecular formula is C12H4F22. The topological polar surface area (TPSA) is 0 Å². The zero-order valence-corrected chi connectivity index (χ0v) is 14.7. The molecule has 0 spiro atoms. The lowest BCUT2D eigenvalue weighted by atomic mass is 9.90. The fourth-order valence-electron chi connectivity index (χ4n) is 1.84. The molecule has 0 nitrogen and oxygen atoms in total. The normalized spacial score (nSPS) is 16.8. The van der Waals surface area contributed by atoms with Gasteiger partial charge < -0.3 is 0 Å². The highest BCUT2D eigenvalue weighted by Gasteiger charge is 2.91. The van der Waals surface area contributed by atoms with Gasteiger partial charge in [0.15, 0.2) is 0 Å². The first-order valence-corrected chi connectivity index (χ1v) is 7.36. The Morgan fingerprint density at radius 3 is 0.647 bits per heavy atom. The van der Waals surface area contributed by atoms with E-state index in [1.54, 1.807) is 0 Å². The van der Waals surface area contributed by atoms with Crippen molar-refractivity contribution in [3.05, 3.63) is 0 Å². The molecule has 0 aromatic heterocycles. The van der Waals surface area contributed by atoms with Gasteiger partial charge in [0, 0.05) is 12.8 Å². The van der Waals surface area contributed by atoms with Gasteiger partial charge in [0.1, 0.15) is 0 Å². The van der Waals surface area contributed by atoms with Crippen LogP contribution in [0.3, 0.4) is 0 Å². The van der Waals surface area contributed by atoms with Gasteiger partial charge in [-0.3, -0.25) is 0 Å². The van der Waals surface area contributed by atoms with E-state index in [4.69, 9.17) is 0 Å². The molecule has 0 aliphatic carbocycles. The molecule has 0 saturated heterocycles. The maximum Gasteiger partial charge on any atom is 0.460 e. The summed E-state index contributed by atoms with van der Waals surface area (Å²) in [6.45, 7) is 0. The molecule has 0 unspecified atom stereocenters. The standard InChI is InChI=1S/C12H4F22/c13-3(14,1-2-4(15,16)6(19,20)9(25,26)11(29,30)31)5(17,18)7(21,22)8(23,24)10(27,28)12(32,33)34/h1-2H2. The summed E-state index contributed by atoms with van der Waals surface area (Å²) < 4.78 is 278. The molecule has 0 aliphatic rings. The third-order valence-electron chi connectivity index (χ3n) is 3.96. The summed E-state index contributed by atoms with van der Waals surface area (Å²) in [6, 6.07) is 0. The first kappa shape index (κ1) is 32.5. The molecule has 0 saturated carbocycles. The number of hydrogen-bond donors (Lipinski definition) is 0. The molecule has 0 aliphatic heterocycles. The van der Waals surface area contributed by atoms with Crippen molar-refractivity contribution in [2.75, 3.05) is 0 Å². The van der Waals surface area contributed by atoms with E-state index in [2.05, 4.69) is 0 Å². The first-order chi connectivity index (χ1) is 14.2. The van der Waals surface area contributed by atoms with Crippen LogP contribution in [0.2, 0.25) is 0 Å². The van der Waals surface area contributed by atoms with Gasteiger partial charge >= 0.3 is 59.7 Å². The Balaban J connectivity index is 6.28. The molecule has 206 valence electrons. The lowest BCUT2D eigenvalue weighted by molar-refractivity contribution is -0.441. The van der Waals surface area contributed by atoms with Crippen LogP contribution in [0, 0.1) is 0 Å². The van der Waals surface area contributed by atoms with Gasteiger partial charge in [0.25, 0.3) is 0 Å². The lowest BCUT2D eigenvalue weighted by Gasteiger charge is -2.40. The minimum atomic E-state index is -8.50. The summed E-state index contributed by atoms with van der Waals surface area (Å²) in [7, 11) is 0. The Labute approximate surface area is 170 Å². The van der Waals surface area contributed by atoms with Crippen molar-refractivity contribution in [1.29, 1.82) is 0 Å². The number of hydrogen-bond acceptors (Lipinski definition) is 0. The Morgan fingerprint density at radius 2 is 0.412 bits per heavy atom. The highest BCUT2D eigenvalue weighted by Crippen LogP contribution is 2.62. The molecule has 0 atom stereocenters. The maximum absolute atomic E-state index is 13.3. The molecule has 0 rings (SSSR count). The van der Waals surface area contributed by atoms with Crippen LogP contribution in [-0.4, -0.2) is 59.7 Å². The largest absolute Gasteiger partial charge is 0.460 e. The van der Waals surface area contributed by atoms with Crippen molar-refractivity contribution in [1.82, 2.24) is 0 Å². The molecule has 0 amide bonds. The van der Waals surface area contributed by atoms with Gasteiger partial charge in [0.05, 0.1) is 0 Å². The quantitative estimate of drug-likeness (QED) is 0.249. The lowest BCUT2D eigenvalue weighted by Crippen LogP contribution is -2.70. The maximum atomic E-state index is 13.3. The molecule has 0 aromatic rings. The van der Waals surface area contributed by atoms with Gasteiger partial charge in [0.2, 0.25) is 0 Å². The number of halogens is 22. The Hall–Kier alpha value is -1.54. The minimum absolute atomic E-state index is 4.04. The number of rotatable bonds is 9.